The fraction of sp³-hybridized carbons (Fsp3) is 0. The van der Waals surface area contributed by atoms with Crippen LogP contribution in [-0.2, 0) is 0 Å². The number of hydrogen-bond acceptors (Lipinski definition) is 2. The van der Waals surface area contributed by atoms with E-state index >= 15 is 0 Å². The topological polar surface area (TPSA) is 43.1 Å². The number of rotatable bonds is 1. The van der Waals surface area contributed by atoms with Crippen molar-refractivity contribution in [2.45, 2.75) is 0 Å². The zero-order valence-electron chi connectivity index (χ0n) is 5.85. The second kappa shape index (κ2) is 3.43. The zero-order valence-corrected chi connectivity index (χ0v) is 7.36. The Morgan fingerprint density at radius 3 is 1.92 bits per heavy atom. The molecule has 0 N–H and O–H groups in total. The van der Waals surface area contributed by atoms with Gasteiger partial charge in [-0.15, -0.1) is 0 Å². The lowest BCUT2D eigenvalue weighted by Gasteiger charge is -1.99. The Kier molecular flexibility index (Phi) is 2.68. The molecule has 0 amide bonds. The summed E-state index contributed by atoms with van der Waals surface area (Å²) < 4.78 is 25.6. The minimum atomic E-state index is -1.42. The highest BCUT2D eigenvalue weighted by Crippen LogP contribution is 2.32. The summed E-state index contributed by atoms with van der Waals surface area (Å²) in [5.41, 5.74) is -1.34. The summed E-state index contributed by atoms with van der Waals surface area (Å²) in [4.78, 5) is 8.94. The molecule has 1 rings (SSSR count). The van der Waals surface area contributed by atoms with Gasteiger partial charge < -0.3 is 0 Å². The van der Waals surface area contributed by atoms with E-state index in [-0.39, 0.29) is 0 Å². The molecule has 3 nitrogen and oxygen atoms in total. The van der Waals surface area contributed by atoms with Crippen molar-refractivity contribution in [3.63, 3.8) is 0 Å². The maximum absolute atomic E-state index is 12.8. The van der Waals surface area contributed by atoms with Crippen molar-refractivity contribution >= 4 is 28.9 Å². The Morgan fingerprint density at radius 1 is 1.23 bits per heavy atom. The predicted octanol–water partition coefficient (Wildman–Crippen LogP) is 3.18. The maximum Gasteiger partial charge on any atom is 0.343 e. The molecule has 0 bridgehead atoms. The Hall–Kier alpha value is -0.940. The molecular weight excluding hydrogens is 227 g/mol. The van der Waals surface area contributed by atoms with Crippen LogP contribution in [0.25, 0.3) is 0 Å². The van der Waals surface area contributed by atoms with Crippen LogP contribution in [0.3, 0.4) is 0 Å². The van der Waals surface area contributed by atoms with Gasteiger partial charge in [-0.2, -0.15) is 8.78 Å². The van der Waals surface area contributed by atoms with Crippen LogP contribution in [0.1, 0.15) is 0 Å². The number of halogens is 4. The highest BCUT2D eigenvalue weighted by Gasteiger charge is 2.26. The van der Waals surface area contributed by atoms with Crippen molar-refractivity contribution in [1.29, 1.82) is 0 Å². The largest absolute Gasteiger partial charge is 0.343 e. The second-order valence-corrected chi connectivity index (χ2v) is 2.89. The van der Waals surface area contributed by atoms with Gasteiger partial charge in [-0.1, -0.05) is 23.2 Å². The predicted molar refractivity (Wildman–Crippen MR) is 43.0 cm³/mol. The Labute approximate surface area is 81.0 Å². The van der Waals surface area contributed by atoms with Gasteiger partial charge >= 0.3 is 5.69 Å². The van der Waals surface area contributed by atoms with Crippen molar-refractivity contribution in [2.24, 2.45) is 0 Å². The third kappa shape index (κ3) is 1.71. The molecule has 70 valence electrons. The van der Waals surface area contributed by atoms with E-state index in [0.717, 1.165) is 6.07 Å². The number of benzene rings is 1. The minimum absolute atomic E-state index is 0.585. The van der Waals surface area contributed by atoms with Crippen molar-refractivity contribution in [1.82, 2.24) is 0 Å². The molecule has 0 aliphatic rings. The van der Waals surface area contributed by atoms with E-state index in [1.54, 1.807) is 0 Å². The molecule has 0 aliphatic heterocycles. The van der Waals surface area contributed by atoms with Crippen LogP contribution in [0.4, 0.5) is 14.5 Å². The minimum Gasteiger partial charge on any atom is -0.258 e. The normalized spacial score (nSPS) is 10.2. The number of nitro groups is 1. The highest BCUT2D eigenvalue weighted by molar-refractivity contribution is 6.35. The van der Waals surface area contributed by atoms with Gasteiger partial charge in [0.1, 0.15) is 0 Å². The zero-order chi connectivity index (χ0) is 10.2. The third-order valence-electron chi connectivity index (χ3n) is 1.27. The number of hydrogen-bond donors (Lipinski definition) is 0. The van der Waals surface area contributed by atoms with Gasteiger partial charge in [-0.3, -0.25) is 10.1 Å². The summed E-state index contributed by atoms with van der Waals surface area (Å²) in [6, 6.07) is 0.765. The van der Waals surface area contributed by atoms with E-state index < -0.39 is 32.3 Å². The van der Waals surface area contributed by atoms with Crippen LogP contribution >= 0.6 is 23.2 Å². The van der Waals surface area contributed by atoms with Gasteiger partial charge in [-0.25, -0.2) is 0 Å². The van der Waals surface area contributed by atoms with Crippen molar-refractivity contribution in [3.8, 4) is 0 Å². The first-order valence-electron chi connectivity index (χ1n) is 2.92. The van der Waals surface area contributed by atoms with Crippen LogP contribution in [0.5, 0.6) is 0 Å². The number of nitrogens with zero attached hydrogens (tertiary/aromatic N) is 1. The number of nitro benzene ring substituents is 1. The summed E-state index contributed by atoms with van der Waals surface area (Å²) in [6.07, 6.45) is 0. The van der Waals surface area contributed by atoms with E-state index in [4.69, 9.17) is 23.2 Å². The lowest BCUT2D eigenvalue weighted by atomic mass is 10.3. The smallest absolute Gasteiger partial charge is 0.258 e. The first kappa shape index (κ1) is 10.1. The fourth-order valence-electron chi connectivity index (χ4n) is 0.721. The maximum atomic E-state index is 12.8. The molecule has 0 atom stereocenters. The molecule has 1 aromatic rings. The molecule has 0 radical (unpaired) electrons. The first-order valence-corrected chi connectivity index (χ1v) is 3.68. The van der Waals surface area contributed by atoms with E-state index in [2.05, 4.69) is 0 Å². The lowest BCUT2D eigenvalue weighted by molar-refractivity contribution is -0.390. The molecule has 0 heterocycles. The molecule has 13 heavy (non-hydrogen) atoms. The molecule has 0 saturated heterocycles. The molecule has 0 aromatic heterocycles. The summed E-state index contributed by atoms with van der Waals surface area (Å²) in [7, 11) is 0. The van der Waals surface area contributed by atoms with Crippen LogP contribution in [-0.4, -0.2) is 4.92 Å². The van der Waals surface area contributed by atoms with Gasteiger partial charge in [0.2, 0.25) is 11.6 Å². The van der Waals surface area contributed by atoms with Gasteiger partial charge in [0.15, 0.2) is 0 Å². The highest BCUT2D eigenvalue weighted by atomic mass is 35.5. The molecule has 0 fully saturated rings. The van der Waals surface area contributed by atoms with E-state index in [0.29, 0.717) is 0 Å². The molecule has 0 unspecified atom stereocenters. The van der Waals surface area contributed by atoms with Gasteiger partial charge in [-0.05, 0) is 6.07 Å². The van der Waals surface area contributed by atoms with E-state index in [9.17, 15) is 18.9 Å². The fourth-order valence-corrected chi connectivity index (χ4v) is 1.17. The first-order chi connectivity index (χ1) is 5.95. The Morgan fingerprint density at radius 2 is 1.62 bits per heavy atom. The third-order valence-corrected chi connectivity index (χ3v) is 1.82. The second-order valence-electron chi connectivity index (χ2n) is 2.07. The summed E-state index contributed by atoms with van der Waals surface area (Å²) in [6.45, 7) is 0. The van der Waals surface area contributed by atoms with E-state index in [1.165, 1.54) is 0 Å². The summed E-state index contributed by atoms with van der Waals surface area (Å²) in [5, 5.41) is 8.99. The average Bonchev–Trinajstić information content (AvgIpc) is 2.01. The quantitative estimate of drug-likeness (QED) is 0.420. The Bertz CT molecular complexity index is 357. The molecule has 1 aromatic carbocycles. The molecular formula is C6HCl2F2NO2. The van der Waals surface area contributed by atoms with Crippen LogP contribution in [0.15, 0.2) is 6.07 Å². The van der Waals surface area contributed by atoms with Gasteiger partial charge in [0, 0.05) is 0 Å². The lowest BCUT2D eigenvalue weighted by Crippen LogP contribution is -1.98. The SMILES string of the molecule is O=[N+]([O-])c1c(F)c(Cl)cc(Cl)c1F. The van der Waals surface area contributed by atoms with Crippen LogP contribution in [0.2, 0.25) is 10.0 Å². The monoisotopic (exact) mass is 227 g/mol. The molecule has 0 saturated carbocycles. The molecule has 0 aliphatic carbocycles. The summed E-state index contributed by atoms with van der Waals surface area (Å²) >= 11 is 10.4. The molecule has 0 spiro atoms. The van der Waals surface area contributed by atoms with Gasteiger partial charge in [0.25, 0.3) is 0 Å². The van der Waals surface area contributed by atoms with Crippen molar-refractivity contribution in [3.05, 3.63) is 37.9 Å². The standard InChI is InChI=1S/C6HCl2F2NO2/c7-2-1-3(8)5(10)6(4(2)9)11(12)13/h1H. The van der Waals surface area contributed by atoms with Crippen LogP contribution in [0, 0.1) is 21.7 Å². The van der Waals surface area contributed by atoms with Crippen molar-refractivity contribution < 1.29 is 13.7 Å². The molecule has 7 heteroatoms. The van der Waals surface area contributed by atoms with Crippen molar-refractivity contribution in [2.75, 3.05) is 0 Å². The summed E-state index contributed by atoms with van der Waals surface area (Å²) in [5.74, 6) is -2.85. The Balaban J connectivity index is 3.56. The van der Waals surface area contributed by atoms with Gasteiger partial charge in [0.05, 0.1) is 15.0 Å². The van der Waals surface area contributed by atoms with Crippen LogP contribution < -0.4 is 0 Å². The average molecular weight is 228 g/mol. The van der Waals surface area contributed by atoms with E-state index in [1.807, 2.05) is 0 Å².